The smallest absolute Gasteiger partial charge is 0.143 e. The van der Waals surface area contributed by atoms with Crippen LogP contribution in [0.25, 0.3) is 11.0 Å². The fraction of sp³-hybridized carbons (Fsp3) is 0.350. The first-order chi connectivity index (χ1) is 12.6. The summed E-state index contributed by atoms with van der Waals surface area (Å²) in [7, 11) is 0. The second-order valence-electron chi connectivity index (χ2n) is 6.12. The highest BCUT2D eigenvalue weighted by Gasteiger charge is 2.12. The second kappa shape index (κ2) is 8.27. The Labute approximate surface area is 151 Å². The van der Waals surface area contributed by atoms with Gasteiger partial charge in [0.15, 0.2) is 0 Å². The van der Waals surface area contributed by atoms with E-state index in [-0.39, 0.29) is 18.8 Å². The number of benzene rings is 2. The van der Waals surface area contributed by atoms with E-state index in [2.05, 4.69) is 4.98 Å². The topological polar surface area (TPSA) is 36.3 Å². The molecule has 6 heteroatoms. The number of hydrogen-bond acceptors (Lipinski definition) is 3. The van der Waals surface area contributed by atoms with E-state index in [0.29, 0.717) is 18.6 Å². The molecule has 4 nitrogen and oxygen atoms in total. The molecule has 0 N–H and O–H groups in total. The molecular weight excluding hydrogens is 338 g/mol. The van der Waals surface area contributed by atoms with E-state index < -0.39 is 11.6 Å². The summed E-state index contributed by atoms with van der Waals surface area (Å²) in [6.07, 6.45) is 1.19. The summed E-state index contributed by atoms with van der Waals surface area (Å²) in [6.45, 7) is 4.51. The number of imidazole rings is 1. The maximum absolute atomic E-state index is 14.1. The van der Waals surface area contributed by atoms with Crippen LogP contribution in [0.2, 0.25) is 0 Å². The molecule has 2 aromatic carbocycles. The lowest BCUT2D eigenvalue weighted by atomic mass is 10.1. The van der Waals surface area contributed by atoms with Gasteiger partial charge in [0.2, 0.25) is 0 Å². The molecule has 138 valence electrons. The summed E-state index contributed by atoms with van der Waals surface area (Å²) < 4.78 is 35.2. The van der Waals surface area contributed by atoms with Crippen LogP contribution in [0, 0.1) is 18.6 Å². The normalized spacial score (nSPS) is 11.2. The Morgan fingerprint density at radius 2 is 1.81 bits per heavy atom. The van der Waals surface area contributed by atoms with Gasteiger partial charge in [0.25, 0.3) is 0 Å². The first kappa shape index (κ1) is 18.3. The van der Waals surface area contributed by atoms with Crippen LogP contribution < -0.4 is 4.84 Å². The average molecular weight is 360 g/mol. The zero-order valence-corrected chi connectivity index (χ0v) is 15.0. The largest absolute Gasteiger partial charge is 0.412 e. The van der Waals surface area contributed by atoms with Gasteiger partial charge >= 0.3 is 0 Å². The average Bonchev–Trinajstić information content (AvgIpc) is 2.93. The van der Waals surface area contributed by atoms with E-state index >= 15 is 0 Å². The standard InChI is InChI=1S/C20H22F2N2O2/c1-3-9-25-13-16-17(21)11-15(12-18(16)22)8-10-26-24-14(2)23-19-6-4-5-7-20(19)24/h4-7,11-12H,3,8-10,13H2,1-2H3. The van der Waals surface area contributed by atoms with Gasteiger partial charge in [-0.25, -0.2) is 13.8 Å². The summed E-state index contributed by atoms with van der Waals surface area (Å²) in [6, 6.07) is 10.3. The van der Waals surface area contributed by atoms with Crippen molar-refractivity contribution < 1.29 is 18.4 Å². The van der Waals surface area contributed by atoms with Crippen LogP contribution in [0.15, 0.2) is 36.4 Å². The monoisotopic (exact) mass is 360 g/mol. The quantitative estimate of drug-likeness (QED) is 0.564. The Kier molecular flexibility index (Phi) is 5.83. The summed E-state index contributed by atoms with van der Waals surface area (Å²) in [5.41, 5.74) is 2.23. The number of aryl methyl sites for hydroxylation is 1. The number of halogens is 2. The van der Waals surface area contributed by atoms with Gasteiger partial charge in [0.1, 0.15) is 29.6 Å². The molecule has 0 aliphatic carbocycles. The Bertz CT molecular complexity index is 870. The van der Waals surface area contributed by atoms with Crippen molar-refractivity contribution in [2.45, 2.75) is 33.3 Å². The molecule has 26 heavy (non-hydrogen) atoms. The number of hydrogen-bond donors (Lipinski definition) is 0. The molecule has 0 bridgehead atoms. The van der Waals surface area contributed by atoms with Crippen LogP contribution in [0.3, 0.4) is 0 Å². The van der Waals surface area contributed by atoms with E-state index in [1.165, 1.54) is 12.1 Å². The maximum atomic E-state index is 14.1. The number of para-hydroxylation sites is 2. The molecule has 0 atom stereocenters. The molecule has 0 spiro atoms. The predicted molar refractivity (Wildman–Crippen MR) is 95.9 cm³/mol. The number of aromatic nitrogens is 2. The van der Waals surface area contributed by atoms with Gasteiger partial charge in [-0.1, -0.05) is 19.1 Å². The number of rotatable bonds is 8. The molecular formula is C20H22F2N2O2. The Balaban J connectivity index is 1.65. The lowest BCUT2D eigenvalue weighted by Crippen LogP contribution is -2.16. The number of fused-ring (bicyclic) bond motifs is 1. The highest BCUT2D eigenvalue weighted by atomic mass is 19.1. The van der Waals surface area contributed by atoms with Gasteiger partial charge < -0.3 is 9.57 Å². The molecule has 1 aromatic heterocycles. The second-order valence-corrected chi connectivity index (χ2v) is 6.12. The molecule has 0 aliphatic heterocycles. The first-order valence-corrected chi connectivity index (χ1v) is 8.72. The van der Waals surface area contributed by atoms with Crippen molar-refractivity contribution in [3.05, 3.63) is 65.0 Å². The SMILES string of the molecule is CCCOCc1c(F)cc(CCOn2c(C)nc3ccccc32)cc1F. The van der Waals surface area contributed by atoms with Crippen molar-refractivity contribution in [3.8, 4) is 0 Å². The molecule has 0 radical (unpaired) electrons. The van der Waals surface area contributed by atoms with Crippen LogP contribution in [0.5, 0.6) is 0 Å². The maximum Gasteiger partial charge on any atom is 0.143 e. The highest BCUT2D eigenvalue weighted by molar-refractivity contribution is 5.75. The minimum Gasteiger partial charge on any atom is -0.412 e. The van der Waals surface area contributed by atoms with Gasteiger partial charge in [0, 0.05) is 18.6 Å². The van der Waals surface area contributed by atoms with Gasteiger partial charge in [-0.3, -0.25) is 0 Å². The van der Waals surface area contributed by atoms with Crippen molar-refractivity contribution in [2.24, 2.45) is 0 Å². The van der Waals surface area contributed by atoms with E-state index in [0.717, 1.165) is 23.3 Å². The lowest BCUT2D eigenvalue weighted by Gasteiger charge is -2.11. The molecule has 0 unspecified atom stereocenters. The van der Waals surface area contributed by atoms with E-state index in [4.69, 9.17) is 9.57 Å². The van der Waals surface area contributed by atoms with Crippen molar-refractivity contribution in [2.75, 3.05) is 13.2 Å². The van der Waals surface area contributed by atoms with Crippen LogP contribution in [-0.4, -0.2) is 22.9 Å². The summed E-state index contributed by atoms with van der Waals surface area (Å²) in [5.74, 6) is -0.437. The van der Waals surface area contributed by atoms with Crippen LogP contribution in [-0.2, 0) is 17.8 Å². The van der Waals surface area contributed by atoms with Gasteiger partial charge in [0.05, 0.1) is 12.1 Å². The third-order valence-corrected chi connectivity index (χ3v) is 4.08. The van der Waals surface area contributed by atoms with Crippen LogP contribution >= 0.6 is 0 Å². The van der Waals surface area contributed by atoms with E-state index in [1.54, 1.807) is 4.73 Å². The number of ether oxygens (including phenoxy) is 1. The summed E-state index contributed by atoms with van der Waals surface area (Å²) in [5, 5.41) is 0. The Morgan fingerprint density at radius 1 is 1.08 bits per heavy atom. The molecule has 0 aliphatic rings. The zero-order valence-electron chi connectivity index (χ0n) is 15.0. The van der Waals surface area contributed by atoms with Crippen LogP contribution in [0.4, 0.5) is 8.78 Å². The molecule has 0 saturated heterocycles. The fourth-order valence-corrected chi connectivity index (χ4v) is 2.80. The third kappa shape index (κ3) is 4.02. The number of nitrogens with zero attached hydrogens (tertiary/aromatic N) is 2. The molecule has 0 fully saturated rings. The van der Waals surface area contributed by atoms with E-state index in [1.807, 2.05) is 38.1 Å². The van der Waals surface area contributed by atoms with Crippen LogP contribution in [0.1, 0.15) is 30.3 Å². The molecule has 1 heterocycles. The first-order valence-electron chi connectivity index (χ1n) is 8.72. The zero-order chi connectivity index (χ0) is 18.5. The molecule has 0 amide bonds. The Hall–Kier alpha value is -2.47. The third-order valence-electron chi connectivity index (χ3n) is 4.08. The minimum absolute atomic E-state index is 0.0282. The lowest BCUT2D eigenvalue weighted by molar-refractivity contribution is 0.115. The van der Waals surface area contributed by atoms with Gasteiger partial charge in [-0.15, -0.1) is 0 Å². The summed E-state index contributed by atoms with van der Waals surface area (Å²) >= 11 is 0. The predicted octanol–water partition coefficient (Wildman–Crippen LogP) is 4.22. The minimum atomic E-state index is -0.583. The van der Waals surface area contributed by atoms with Gasteiger partial charge in [-0.2, -0.15) is 4.73 Å². The van der Waals surface area contributed by atoms with Crippen molar-refractivity contribution >= 4 is 11.0 Å². The van der Waals surface area contributed by atoms with Crippen molar-refractivity contribution in [3.63, 3.8) is 0 Å². The van der Waals surface area contributed by atoms with Gasteiger partial charge in [-0.05, 0) is 43.2 Å². The van der Waals surface area contributed by atoms with Crippen molar-refractivity contribution in [1.29, 1.82) is 0 Å². The highest BCUT2D eigenvalue weighted by Crippen LogP contribution is 2.18. The van der Waals surface area contributed by atoms with E-state index in [9.17, 15) is 8.78 Å². The van der Waals surface area contributed by atoms with Crippen molar-refractivity contribution in [1.82, 2.24) is 9.71 Å². The summed E-state index contributed by atoms with van der Waals surface area (Å²) in [4.78, 5) is 10.2. The molecule has 0 saturated carbocycles. The molecule has 3 aromatic rings. The Morgan fingerprint density at radius 3 is 2.54 bits per heavy atom. The molecule has 3 rings (SSSR count). The fourth-order valence-electron chi connectivity index (χ4n) is 2.80.